The first-order valence-corrected chi connectivity index (χ1v) is 20.7. The number of rotatable bonds is 9. The van der Waals surface area contributed by atoms with Crippen molar-refractivity contribution in [3.05, 3.63) is 76.0 Å². The van der Waals surface area contributed by atoms with Gasteiger partial charge >= 0.3 is 5.97 Å². The zero-order chi connectivity index (χ0) is 40.5. The second-order valence-corrected chi connectivity index (χ2v) is 19.5. The van der Waals surface area contributed by atoms with E-state index in [4.69, 9.17) is 19.3 Å². The third kappa shape index (κ3) is 5.29. The highest BCUT2D eigenvalue weighted by Crippen LogP contribution is 2.71. The van der Waals surface area contributed by atoms with E-state index in [1.165, 1.54) is 11.3 Å². The van der Waals surface area contributed by atoms with Gasteiger partial charge in [-0.05, 0) is 120 Å². The molecule has 1 aromatic heterocycles. The van der Waals surface area contributed by atoms with Crippen molar-refractivity contribution in [1.82, 2.24) is 4.57 Å². The maximum atomic E-state index is 14.9. The Kier molecular flexibility index (Phi) is 9.23. The number of hydrogen-bond donors (Lipinski definition) is 3. The normalized spacial score (nSPS) is 36.2. The van der Waals surface area contributed by atoms with E-state index in [0.717, 1.165) is 58.9 Å². The lowest BCUT2D eigenvalue weighted by molar-refractivity contribution is -0.144. The van der Waals surface area contributed by atoms with Gasteiger partial charge in [-0.2, -0.15) is 0 Å². The Balaban J connectivity index is 1.23. The fourth-order valence-electron chi connectivity index (χ4n) is 13.0. The minimum atomic E-state index is -0.870. The third-order valence-corrected chi connectivity index (χ3v) is 15.4. The van der Waals surface area contributed by atoms with Gasteiger partial charge in [0.05, 0.1) is 54.3 Å². The van der Waals surface area contributed by atoms with E-state index in [2.05, 4.69) is 77.8 Å². The number of benzene rings is 1. The van der Waals surface area contributed by atoms with Crippen molar-refractivity contribution >= 4 is 28.2 Å². The molecule has 0 saturated heterocycles. The van der Waals surface area contributed by atoms with Crippen molar-refractivity contribution < 1.29 is 39.1 Å². The summed E-state index contributed by atoms with van der Waals surface area (Å²) in [7, 11) is 0. The average Bonchev–Trinajstić information content (AvgIpc) is 3.78. The van der Waals surface area contributed by atoms with Gasteiger partial charge in [0.1, 0.15) is 12.6 Å². The molecule has 8 rings (SSSR count). The van der Waals surface area contributed by atoms with Crippen molar-refractivity contribution in [3.63, 3.8) is 0 Å². The predicted octanol–water partition coefficient (Wildman–Crippen LogP) is 7.65. The minimum absolute atomic E-state index is 0.0169. The number of carbonyl (C=O) groups is 2. The Hall–Kier alpha value is -3.34. The molecule has 9 atom stereocenters. The number of aromatic nitrogens is 1. The van der Waals surface area contributed by atoms with Crippen molar-refractivity contribution in [2.24, 2.45) is 28.6 Å². The van der Waals surface area contributed by atoms with E-state index >= 15 is 0 Å². The van der Waals surface area contributed by atoms with Crippen LogP contribution in [-0.4, -0.2) is 75.4 Å². The maximum absolute atomic E-state index is 14.9. The van der Waals surface area contributed by atoms with Crippen LogP contribution in [0.4, 0.5) is 0 Å². The van der Waals surface area contributed by atoms with Crippen LogP contribution in [0.25, 0.3) is 16.5 Å². The zero-order valence-corrected chi connectivity index (χ0v) is 34.8. The van der Waals surface area contributed by atoms with Crippen LogP contribution in [0.3, 0.4) is 0 Å². The van der Waals surface area contributed by atoms with Gasteiger partial charge in [-0.3, -0.25) is 4.79 Å². The van der Waals surface area contributed by atoms with Gasteiger partial charge in [0.25, 0.3) is 0 Å². The Labute approximate surface area is 331 Å². The van der Waals surface area contributed by atoms with Gasteiger partial charge in [-0.1, -0.05) is 51.2 Å². The molecule has 9 nitrogen and oxygen atoms in total. The quantitative estimate of drug-likeness (QED) is 0.0781. The van der Waals surface area contributed by atoms with Gasteiger partial charge in [0.2, 0.25) is 0 Å². The number of esters is 1. The van der Waals surface area contributed by atoms with Crippen LogP contribution in [-0.2, 0) is 30.8 Å². The molecule has 2 fully saturated rings. The van der Waals surface area contributed by atoms with Crippen molar-refractivity contribution in [2.75, 3.05) is 26.4 Å². The molecule has 4 aliphatic carbocycles. The molecule has 3 heterocycles. The van der Waals surface area contributed by atoms with E-state index in [1.54, 1.807) is 13.0 Å². The Morgan fingerprint density at radius 3 is 2.48 bits per heavy atom. The van der Waals surface area contributed by atoms with Gasteiger partial charge in [0, 0.05) is 39.0 Å². The fraction of sp³-hybridized carbons (Fsp3) is 0.617. The van der Waals surface area contributed by atoms with Crippen LogP contribution in [0.1, 0.15) is 133 Å². The number of ketones is 1. The summed E-state index contributed by atoms with van der Waals surface area (Å²) in [6, 6.07) is 1.74. The molecular weight excluding hydrogens is 707 g/mol. The number of carbonyl (C=O) groups excluding carboxylic acids is 2. The predicted molar refractivity (Wildman–Crippen MR) is 216 cm³/mol. The summed E-state index contributed by atoms with van der Waals surface area (Å²) >= 11 is 0. The maximum Gasteiger partial charge on any atom is 0.333 e. The van der Waals surface area contributed by atoms with E-state index < -0.39 is 40.8 Å². The first kappa shape index (κ1) is 39.5. The van der Waals surface area contributed by atoms with Gasteiger partial charge in [0.15, 0.2) is 5.78 Å². The van der Waals surface area contributed by atoms with Crippen LogP contribution in [0.2, 0.25) is 0 Å². The summed E-state index contributed by atoms with van der Waals surface area (Å²) in [6.45, 7) is 23.8. The highest BCUT2D eigenvalue weighted by atomic mass is 16.6. The number of Topliss-reactive ketones (excluding diaryl/α,β-unsaturated/α-hetero) is 1. The van der Waals surface area contributed by atoms with Crippen LogP contribution in [0.15, 0.2) is 48.1 Å². The summed E-state index contributed by atoms with van der Waals surface area (Å²) in [6.07, 6.45) is 10.9. The van der Waals surface area contributed by atoms with Crippen LogP contribution in [0.5, 0.6) is 0 Å². The van der Waals surface area contributed by atoms with Gasteiger partial charge < -0.3 is 34.1 Å². The molecule has 2 aliphatic heterocycles. The molecule has 302 valence electrons. The van der Waals surface area contributed by atoms with E-state index in [0.29, 0.717) is 23.5 Å². The van der Waals surface area contributed by atoms with Crippen molar-refractivity contribution in [2.45, 2.75) is 129 Å². The van der Waals surface area contributed by atoms with Crippen LogP contribution in [0, 0.1) is 28.6 Å². The molecule has 0 bridgehead atoms. The fourth-order valence-corrected chi connectivity index (χ4v) is 13.0. The number of aliphatic hydroxyl groups is 3. The monoisotopic (exact) mass is 767 g/mol. The smallest absolute Gasteiger partial charge is 0.333 e. The third-order valence-electron chi connectivity index (χ3n) is 15.4. The highest BCUT2D eigenvalue weighted by Gasteiger charge is 2.67. The number of aliphatic hydroxyl groups excluding tert-OH is 3. The molecule has 1 aromatic carbocycles. The number of fused-ring (bicyclic) bond motifs is 11. The summed E-state index contributed by atoms with van der Waals surface area (Å²) in [5.74, 6) is -0.209. The van der Waals surface area contributed by atoms with Crippen molar-refractivity contribution in [1.29, 1.82) is 0 Å². The molecule has 0 spiro atoms. The lowest BCUT2D eigenvalue weighted by atomic mass is 9.40. The van der Waals surface area contributed by atoms with Crippen molar-refractivity contribution in [3.8, 4) is 0 Å². The van der Waals surface area contributed by atoms with E-state index in [1.807, 2.05) is 13.0 Å². The van der Waals surface area contributed by atoms with E-state index in [-0.39, 0.29) is 54.9 Å². The molecule has 0 radical (unpaired) electrons. The molecule has 9 heteroatoms. The lowest BCUT2D eigenvalue weighted by Crippen LogP contribution is -2.62. The summed E-state index contributed by atoms with van der Waals surface area (Å²) < 4.78 is 19.4. The average molecular weight is 768 g/mol. The van der Waals surface area contributed by atoms with E-state index in [9.17, 15) is 19.8 Å². The molecule has 0 unspecified atom stereocenters. The number of ether oxygens (including phenoxy) is 3. The largest absolute Gasteiger partial charge is 0.460 e. The zero-order valence-electron chi connectivity index (χ0n) is 34.8. The number of nitrogens with zero attached hydrogens (tertiary/aromatic N) is 1. The SMILES string of the molecule is C=C(C)[C@H]1C(=O)c2c3c(cc4c5c(n1c24)[C@@]1(C)[C@@H](CC[C@H]2[C@](C)(/C=C/C=C(\C)C(=O)OCCOCCO)[C@@H](O)CC[C@@]21C)C5)C1=CC(C)(C)OC(C)(C)[C@H]1[C@@H]3O. The summed E-state index contributed by atoms with van der Waals surface area (Å²) in [5, 5.41) is 34.1. The molecular formula is C47H61NO8. The lowest BCUT2D eigenvalue weighted by Gasteiger charge is -2.64. The molecule has 6 aliphatic rings. The number of allylic oxidation sites excluding steroid dienone is 3. The van der Waals surface area contributed by atoms with Crippen LogP contribution >= 0.6 is 0 Å². The first-order chi connectivity index (χ1) is 26.2. The minimum Gasteiger partial charge on any atom is -0.460 e. The second-order valence-electron chi connectivity index (χ2n) is 19.5. The first-order valence-electron chi connectivity index (χ1n) is 20.7. The molecule has 2 aromatic rings. The summed E-state index contributed by atoms with van der Waals surface area (Å²) in [4.78, 5) is 27.6. The van der Waals surface area contributed by atoms with Crippen LogP contribution < -0.4 is 0 Å². The highest BCUT2D eigenvalue weighted by molar-refractivity contribution is 6.18. The van der Waals surface area contributed by atoms with Gasteiger partial charge in [-0.15, -0.1) is 0 Å². The summed E-state index contributed by atoms with van der Waals surface area (Å²) in [5.41, 5.74) is 5.93. The Morgan fingerprint density at radius 1 is 1.05 bits per heavy atom. The molecule has 56 heavy (non-hydrogen) atoms. The Morgan fingerprint density at radius 2 is 1.79 bits per heavy atom. The standard InChI is InChI=1S/C47H61NO8/c1-25(2)37-40(52)35-34-28(31-24-43(4,5)56-44(6,7)36(31)39(34)51)23-29-30-22-27-13-14-32-45(8,16-11-12-26(3)42(53)55-21-20-54-19-18-49)33(50)15-17-46(32,9)47(27,10)41(30)48(37)38(29)35/h11-12,16,23-24,27,32-33,36-37,39,49-51H,1,13-15,17-22H2,2-10H3/b16-11+,26-12+/t27-,32-,33-,36+,37-,39+,45-,46-,47+/m0/s1. The Bertz CT molecular complexity index is 2130. The second kappa shape index (κ2) is 13.1. The molecule has 2 saturated carbocycles. The van der Waals surface area contributed by atoms with Gasteiger partial charge in [-0.25, -0.2) is 4.79 Å². The topological polar surface area (TPSA) is 127 Å². The molecule has 0 amide bonds. The molecule has 3 N–H and O–H groups in total. The number of hydrogen-bond acceptors (Lipinski definition) is 8.